The maximum atomic E-state index is 13.4. The molecule has 1 heterocycles. The number of hydrogen-bond donors (Lipinski definition) is 3. The number of thioether (sulfide) groups is 1. The molecule has 4 aromatic carbocycles. The topological polar surface area (TPSA) is 143 Å². The maximum Gasteiger partial charge on any atom is 0.272 e. The zero-order valence-corrected chi connectivity index (χ0v) is 27.1. The molecule has 0 fully saturated rings. The summed E-state index contributed by atoms with van der Waals surface area (Å²) in [7, 11) is 0. The standard InChI is InChI=1S/C34H26ClN5O5S2/c1-21(31(41)39-34-38-30(20-46-34)24-9-5-11-27(18-24)40(44)45)47-28-12-6-10-26(19-28)36-33(43)29(17-22-13-15-25(35)16-14-22)37-32(42)23-7-3-2-4-8-23/h2-21H,1H3,(H,36,43)(H,37,42)(H,38,39,41)/b29-17-. The average Bonchev–Trinajstić information content (AvgIpc) is 3.54. The number of carbonyl (C=O) groups excluding carboxylic acids is 3. The normalized spacial score (nSPS) is 11.7. The van der Waals surface area contributed by atoms with Gasteiger partial charge in [-0.3, -0.25) is 24.5 Å². The van der Waals surface area contributed by atoms with Gasteiger partial charge in [-0.2, -0.15) is 0 Å². The van der Waals surface area contributed by atoms with Crippen molar-refractivity contribution in [1.29, 1.82) is 0 Å². The number of thiazole rings is 1. The van der Waals surface area contributed by atoms with Crippen LogP contribution < -0.4 is 16.0 Å². The SMILES string of the molecule is CC(Sc1cccc(NC(=O)/C(=C/c2ccc(Cl)cc2)NC(=O)c2ccccc2)c1)C(=O)Nc1nc(-c2cccc([N+](=O)[O-])c2)cs1. The van der Waals surface area contributed by atoms with E-state index in [1.54, 1.807) is 103 Å². The van der Waals surface area contributed by atoms with Crippen LogP contribution in [0.4, 0.5) is 16.5 Å². The second kappa shape index (κ2) is 15.3. The largest absolute Gasteiger partial charge is 0.321 e. The molecule has 0 aliphatic heterocycles. The lowest BCUT2D eigenvalue weighted by Crippen LogP contribution is -2.30. The Morgan fingerprint density at radius 2 is 1.68 bits per heavy atom. The lowest BCUT2D eigenvalue weighted by atomic mass is 10.1. The number of nitro benzene ring substituents is 1. The molecule has 1 atom stereocenters. The zero-order valence-electron chi connectivity index (χ0n) is 24.7. The van der Waals surface area contributed by atoms with Crippen molar-refractivity contribution >= 4 is 75.0 Å². The van der Waals surface area contributed by atoms with E-state index in [4.69, 9.17) is 11.6 Å². The van der Waals surface area contributed by atoms with Crippen LogP contribution in [0.25, 0.3) is 17.3 Å². The van der Waals surface area contributed by atoms with E-state index in [2.05, 4.69) is 20.9 Å². The number of halogens is 1. The number of nitrogens with zero attached hydrogens (tertiary/aromatic N) is 2. The minimum Gasteiger partial charge on any atom is -0.321 e. The summed E-state index contributed by atoms with van der Waals surface area (Å²) in [5, 5.41) is 21.5. The van der Waals surface area contributed by atoms with Crippen molar-refractivity contribution < 1.29 is 19.3 Å². The van der Waals surface area contributed by atoms with Gasteiger partial charge in [-0.05, 0) is 61.0 Å². The molecule has 0 radical (unpaired) electrons. The number of carbonyl (C=O) groups is 3. The van der Waals surface area contributed by atoms with Crippen LogP contribution in [-0.2, 0) is 9.59 Å². The van der Waals surface area contributed by atoms with Crippen molar-refractivity contribution in [3.8, 4) is 11.3 Å². The zero-order chi connectivity index (χ0) is 33.3. The van der Waals surface area contributed by atoms with Crippen LogP contribution in [0.5, 0.6) is 0 Å². The fourth-order valence-corrected chi connectivity index (χ4v) is 6.00. The van der Waals surface area contributed by atoms with Crippen LogP contribution in [-0.4, -0.2) is 32.9 Å². The first-order chi connectivity index (χ1) is 22.6. The lowest BCUT2D eigenvalue weighted by molar-refractivity contribution is -0.384. The van der Waals surface area contributed by atoms with Crippen molar-refractivity contribution in [2.75, 3.05) is 10.6 Å². The molecule has 0 aliphatic carbocycles. The van der Waals surface area contributed by atoms with E-state index in [1.807, 2.05) is 6.07 Å². The Hall–Kier alpha value is -5.30. The van der Waals surface area contributed by atoms with Crippen molar-refractivity contribution in [2.45, 2.75) is 17.1 Å². The Bertz CT molecular complexity index is 1970. The minimum absolute atomic E-state index is 0.0277. The molecular weight excluding hydrogens is 658 g/mol. The van der Waals surface area contributed by atoms with E-state index >= 15 is 0 Å². The van der Waals surface area contributed by atoms with Crippen LogP contribution in [0.15, 0.2) is 119 Å². The Morgan fingerprint density at radius 3 is 2.43 bits per heavy atom. The monoisotopic (exact) mass is 683 g/mol. The third kappa shape index (κ3) is 9.13. The van der Waals surface area contributed by atoms with E-state index in [0.29, 0.717) is 38.2 Å². The van der Waals surface area contributed by atoms with E-state index < -0.39 is 22.0 Å². The van der Waals surface area contributed by atoms with Gasteiger partial charge in [-0.15, -0.1) is 23.1 Å². The fraction of sp³-hybridized carbons (Fsp3) is 0.0588. The van der Waals surface area contributed by atoms with Crippen LogP contribution in [0.2, 0.25) is 5.02 Å². The summed E-state index contributed by atoms with van der Waals surface area (Å²) in [4.78, 5) is 55.1. The Morgan fingerprint density at radius 1 is 0.936 bits per heavy atom. The molecule has 3 amide bonds. The third-order valence-electron chi connectivity index (χ3n) is 6.57. The van der Waals surface area contributed by atoms with Crippen molar-refractivity contribution in [3.05, 3.63) is 140 Å². The molecule has 0 aliphatic rings. The maximum absolute atomic E-state index is 13.4. The van der Waals surface area contributed by atoms with Gasteiger partial charge in [0.1, 0.15) is 5.70 Å². The smallest absolute Gasteiger partial charge is 0.272 e. The molecule has 10 nitrogen and oxygen atoms in total. The third-order valence-corrected chi connectivity index (χ3v) is 8.67. The molecule has 13 heteroatoms. The van der Waals surface area contributed by atoms with Gasteiger partial charge in [0.2, 0.25) is 5.91 Å². The number of benzene rings is 4. The quantitative estimate of drug-likeness (QED) is 0.0556. The minimum atomic E-state index is -0.541. The molecule has 0 saturated heterocycles. The number of aromatic nitrogens is 1. The summed E-state index contributed by atoms with van der Waals surface area (Å²) in [5.74, 6) is -1.27. The van der Waals surface area contributed by atoms with E-state index in [-0.39, 0.29) is 17.3 Å². The number of anilines is 2. The summed E-state index contributed by atoms with van der Waals surface area (Å²) in [6.07, 6.45) is 1.56. The van der Waals surface area contributed by atoms with Gasteiger partial charge in [0.05, 0.1) is 15.9 Å². The highest BCUT2D eigenvalue weighted by Gasteiger charge is 2.19. The number of rotatable bonds is 11. The molecular formula is C34H26ClN5O5S2. The molecule has 1 aromatic heterocycles. The Kier molecular flexibility index (Phi) is 10.8. The highest BCUT2D eigenvalue weighted by atomic mass is 35.5. The molecule has 0 saturated carbocycles. The molecule has 5 rings (SSSR count). The molecule has 236 valence electrons. The van der Waals surface area contributed by atoms with Gasteiger partial charge in [0.15, 0.2) is 5.13 Å². The highest BCUT2D eigenvalue weighted by molar-refractivity contribution is 8.00. The summed E-state index contributed by atoms with van der Waals surface area (Å²) in [6, 6.07) is 28.5. The van der Waals surface area contributed by atoms with Crippen molar-refractivity contribution in [3.63, 3.8) is 0 Å². The van der Waals surface area contributed by atoms with Gasteiger partial charge in [-0.1, -0.05) is 60.1 Å². The lowest BCUT2D eigenvalue weighted by Gasteiger charge is -2.13. The number of hydrogen-bond acceptors (Lipinski definition) is 8. The van der Waals surface area contributed by atoms with Gasteiger partial charge in [0, 0.05) is 44.2 Å². The van der Waals surface area contributed by atoms with Crippen molar-refractivity contribution in [2.24, 2.45) is 0 Å². The highest BCUT2D eigenvalue weighted by Crippen LogP contribution is 2.30. The van der Waals surface area contributed by atoms with Crippen LogP contribution in [0.1, 0.15) is 22.8 Å². The van der Waals surface area contributed by atoms with Gasteiger partial charge < -0.3 is 16.0 Å². The first kappa shape index (κ1) is 33.1. The number of non-ortho nitro benzene ring substituents is 1. The van der Waals surface area contributed by atoms with E-state index in [1.165, 1.54) is 35.2 Å². The molecule has 5 aromatic rings. The van der Waals surface area contributed by atoms with Crippen LogP contribution in [0, 0.1) is 10.1 Å². The average molecular weight is 684 g/mol. The molecule has 0 bridgehead atoms. The van der Waals surface area contributed by atoms with Gasteiger partial charge in [-0.25, -0.2) is 4.98 Å². The van der Waals surface area contributed by atoms with Gasteiger partial charge in [0.25, 0.3) is 17.5 Å². The predicted molar refractivity (Wildman–Crippen MR) is 187 cm³/mol. The summed E-state index contributed by atoms with van der Waals surface area (Å²) in [5.41, 5.74) is 2.59. The second-order valence-electron chi connectivity index (χ2n) is 10.0. The number of nitro groups is 1. The van der Waals surface area contributed by atoms with Crippen LogP contribution in [0.3, 0.4) is 0 Å². The first-order valence-electron chi connectivity index (χ1n) is 14.1. The molecule has 47 heavy (non-hydrogen) atoms. The van der Waals surface area contributed by atoms with Crippen molar-refractivity contribution in [1.82, 2.24) is 10.3 Å². The molecule has 3 N–H and O–H groups in total. The molecule has 0 spiro atoms. The van der Waals surface area contributed by atoms with Gasteiger partial charge >= 0.3 is 0 Å². The van der Waals surface area contributed by atoms with E-state index in [9.17, 15) is 24.5 Å². The number of amides is 3. The summed E-state index contributed by atoms with van der Waals surface area (Å²) >= 11 is 8.51. The fourth-order valence-electron chi connectivity index (χ4n) is 4.22. The Balaban J connectivity index is 1.24. The Labute approximate surface area is 283 Å². The summed E-state index contributed by atoms with van der Waals surface area (Å²) < 4.78 is 0. The second-order valence-corrected chi connectivity index (χ2v) is 12.7. The van der Waals surface area contributed by atoms with Crippen LogP contribution >= 0.6 is 34.7 Å². The number of nitrogens with one attached hydrogen (secondary N) is 3. The predicted octanol–water partition coefficient (Wildman–Crippen LogP) is 7.90. The first-order valence-corrected chi connectivity index (χ1v) is 16.2. The van der Waals surface area contributed by atoms with E-state index in [0.717, 1.165) is 4.90 Å². The molecule has 1 unspecified atom stereocenters. The summed E-state index contributed by atoms with van der Waals surface area (Å²) in [6.45, 7) is 1.74.